The molecule has 5 nitrogen and oxygen atoms in total. The minimum Gasteiger partial charge on any atom is -0.380 e. The van der Waals surface area contributed by atoms with Gasteiger partial charge >= 0.3 is 6.18 Å². The SMILES string of the molecule is CCCCS(=O)CCCCCCC[C@](C)(O)C(=O)Nc1ccc(C#N)c(C(F)(F)F)c1. The van der Waals surface area contributed by atoms with Crippen LogP contribution in [-0.4, -0.2) is 32.3 Å². The molecule has 1 unspecified atom stereocenters. The van der Waals surface area contributed by atoms with Gasteiger partial charge in [0.15, 0.2) is 0 Å². The van der Waals surface area contributed by atoms with Crippen molar-refractivity contribution in [3.8, 4) is 6.07 Å². The quantitative estimate of drug-likeness (QED) is 0.398. The summed E-state index contributed by atoms with van der Waals surface area (Å²) in [5.74, 6) is 0.652. The Bertz CT molecular complexity index is 789. The third kappa shape index (κ3) is 9.83. The van der Waals surface area contributed by atoms with Crippen molar-refractivity contribution >= 4 is 22.4 Å². The van der Waals surface area contributed by atoms with Crippen LogP contribution in [0.1, 0.15) is 76.3 Å². The zero-order valence-corrected chi connectivity index (χ0v) is 18.9. The number of benzene rings is 1. The first-order valence-corrected chi connectivity index (χ1v) is 12.0. The Kier molecular flexibility index (Phi) is 11.2. The summed E-state index contributed by atoms with van der Waals surface area (Å²) < 4.78 is 50.9. The van der Waals surface area contributed by atoms with E-state index in [2.05, 4.69) is 12.2 Å². The minimum absolute atomic E-state index is 0.132. The molecule has 2 N–H and O–H groups in total. The number of nitrogens with zero attached hydrogens (tertiary/aromatic N) is 1. The van der Waals surface area contributed by atoms with Crippen LogP contribution < -0.4 is 5.32 Å². The second kappa shape index (κ2) is 12.8. The highest BCUT2D eigenvalue weighted by molar-refractivity contribution is 7.84. The zero-order chi connectivity index (χ0) is 23.5. The van der Waals surface area contributed by atoms with E-state index in [0.29, 0.717) is 18.2 Å². The van der Waals surface area contributed by atoms with Crippen LogP contribution in [0.4, 0.5) is 18.9 Å². The molecule has 31 heavy (non-hydrogen) atoms. The average Bonchev–Trinajstić information content (AvgIpc) is 2.70. The summed E-state index contributed by atoms with van der Waals surface area (Å²) >= 11 is 0. The molecule has 1 amide bonds. The molecule has 0 aliphatic rings. The minimum atomic E-state index is -4.73. The predicted molar refractivity (Wildman–Crippen MR) is 116 cm³/mol. The molecule has 0 radical (unpaired) electrons. The monoisotopic (exact) mass is 460 g/mol. The van der Waals surface area contributed by atoms with Gasteiger partial charge in [0.2, 0.25) is 0 Å². The maximum absolute atomic E-state index is 13.0. The molecule has 1 aromatic rings. The first-order chi connectivity index (χ1) is 14.5. The van der Waals surface area contributed by atoms with E-state index in [-0.39, 0.29) is 12.1 Å². The van der Waals surface area contributed by atoms with Crippen molar-refractivity contribution < 1.29 is 27.3 Å². The number of halogens is 3. The number of rotatable bonds is 13. The smallest absolute Gasteiger partial charge is 0.380 e. The Morgan fingerprint density at radius 3 is 2.35 bits per heavy atom. The van der Waals surface area contributed by atoms with Gasteiger partial charge in [-0.2, -0.15) is 18.4 Å². The number of carbonyl (C=O) groups is 1. The summed E-state index contributed by atoms with van der Waals surface area (Å²) in [6.07, 6.45) is 1.54. The lowest BCUT2D eigenvalue weighted by Crippen LogP contribution is -2.40. The highest BCUT2D eigenvalue weighted by atomic mass is 32.2. The Labute approximate surface area is 184 Å². The van der Waals surface area contributed by atoms with Gasteiger partial charge < -0.3 is 10.4 Å². The summed E-state index contributed by atoms with van der Waals surface area (Å²) in [4.78, 5) is 12.3. The molecule has 0 aliphatic carbocycles. The van der Waals surface area contributed by atoms with E-state index in [1.807, 2.05) is 0 Å². The van der Waals surface area contributed by atoms with Crippen molar-refractivity contribution in [3.63, 3.8) is 0 Å². The number of alkyl halides is 3. The molecule has 1 rings (SSSR count). The summed E-state index contributed by atoms with van der Waals surface area (Å²) in [6, 6.07) is 4.36. The number of unbranched alkanes of at least 4 members (excludes halogenated alkanes) is 5. The molecule has 1 aromatic carbocycles. The summed E-state index contributed by atoms with van der Waals surface area (Å²) in [6.45, 7) is 3.39. The molecule has 2 atom stereocenters. The van der Waals surface area contributed by atoms with Gasteiger partial charge in [0.1, 0.15) is 5.60 Å². The molecule has 9 heteroatoms. The van der Waals surface area contributed by atoms with Crippen molar-refractivity contribution in [2.24, 2.45) is 0 Å². The molecule has 0 bridgehead atoms. The molecule has 0 aliphatic heterocycles. The molecular formula is C22H31F3N2O3S. The first-order valence-electron chi connectivity index (χ1n) is 10.5. The molecular weight excluding hydrogens is 429 g/mol. The van der Waals surface area contributed by atoms with E-state index in [4.69, 9.17) is 5.26 Å². The molecule has 174 valence electrons. The predicted octanol–water partition coefficient (Wildman–Crippen LogP) is 5.16. The van der Waals surface area contributed by atoms with Crippen LogP contribution in [-0.2, 0) is 21.8 Å². The molecule has 0 heterocycles. The van der Waals surface area contributed by atoms with Gasteiger partial charge in [0, 0.05) is 28.0 Å². The van der Waals surface area contributed by atoms with E-state index < -0.39 is 39.6 Å². The maximum atomic E-state index is 13.0. The molecule has 0 saturated carbocycles. The third-order valence-corrected chi connectivity index (χ3v) is 6.44. The molecule has 0 fully saturated rings. The summed E-state index contributed by atoms with van der Waals surface area (Å²) in [5.41, 5.74) is -3.53. The lowest BCUT2D eigenvalue weighted by atomic mass is 9.96. The average molecular weight is 461 g/mol. The number of hydrogen-bond acceptors (Lipinski definition) is 4. The number of anilines is 1. The fourth-order valence-corrected chi connectivity index (χ4v) is 4.34. The second-order valence-electron chi connectivity index (χ2n) is 7.82. The molecule has 0 aromatic heterocycles. The Morgan fingerprint density at radius 2 is 1.74 bits per heavy atom. The van der Waals surface area contributed by atoms with Gasteiger partial charge in [-0.3, -0.25) is 9.00 Å². The standard InChI is InChI=1S/C22H31F3N2O3S/c1-3-4-13-31(30)14-9-7-5-6-8-12-21(2,29)20(28)27-18-11-10-17(16-26)19(15-18)22(23,24)25/h10-11,15,29H,3-9,12-14H2,1-2H3,(H,27,28)/t21-,31?/m0/s1. The third-order valence-electron chi connectivity index (χ3n) is 4.95. The van der Waals surface area contributed by atoms with Crippen LogP contribution in [0.5, 0.6) is 0 Å². The van der Waals surface area contributed by atoms with Gasteiger partial charge in [-0.1, -0.05) is 39.0 Å². The van der Waals surface area contributed by atoms with Crippen LogP contribution in [0.25, 0.3) is 0 Å². The number of nitrogens with one attached hydrogen (secondary N) is 1. The van der Waals surface area contributed by atoms with Crippen LogP contribution in [0.2, 0.25) is 0 Å². The summed E-state index contributed by atoms with van der Waals surface area (Å²) in [7, 11) is -0.758. The van der Waals surface area contributed by atoms with Crippen molar-refractivity contribution in [1.82, 2.24) is 0 Å². The van der Waals surface area contributed by atoms with Crippen molar-refractivity contribution in [1.29, 1.82) is 5.26 Å². The highest BCUT2D eigenvalue weighted by Gasteiger charge is 2.35. The fraction of sp³-hybridized carbons (Fsp3) is 0.636. The van der Waals surface area contributed by atoms with Gasteiger partial charge in [-0.25, -0.2) is 0 Å². The lowest BCUT2D eigenvalue weighted by Gasteiger charge is -2.22. The lowest BCUT2D eigenvalue weighted by molar-refractivity contribution is -0.138. The van der Waals surface area contributed by atoms with Crippen LogP contribution >= 0.6 is 0 Å². The number of amides is 1. The normalized spacial score (nSPS) is 14.5. The van der Waals surface area contributed by atoms with Crippen LogP contribution in [0.15, 0.2) is 18.2 Å². The van der Waals surface area contributed by atoms with E-state index in [9.17, 15) is 27.3 Å². The molecule has 0 saturated heterocycles. The Hall–Kier alpha value is -1.92. The van der Waals surface area contributed by atoms with Crippen LogP contribution in [0.3, 0.4) is 0 Å². The van der Waals surface area contributed by atoms with Crippen molar-refractivity contribution in [2.75, 3.05) is 16.8 Å². The Morgan fingerprint density at radius 1 is 1.13 bits per heavy atom. The van der Waals surface area contributed by atoms with Crippen molar-refractivity contribution in [3.05, 3.63) is 29.3 Å². The zero-order valence-electron chi connectivity index (χ0n) is 18.1. The number of hydrogen-bond donors (Lipinski definition) is 2. The summed E-state index contributed by atoms with van der Waals surface area (Å²) in [5, 5.41) is 21.5. The fourth-order valence-electron chi connectivity index (χ4n) is 3.00. The van der Waals surface area contributed by atoms with E-state index in [0.717, 1.165) is 50.3 Å². The van der Waals surface area contributed by atoms with E-state index in [1.54, 1.807) is 0 Å². The largest absolute Gasteiger partial charge is 0.417 e. The van der Waals surface area contributed by atoms with Crippen molar-refractivity contribution in [2.45, 2.75) is 77.0 Å². The van der Waals surface area contributed by atoms with Gasteiger partial charge in [-0.05, 0) is 44.4 Å². The first kappa shape index (κ1) is 27.1. The topological polar surface area (TPSA) is 90.2 Å². The highest BCUT2D eigenvalue weighted by Crippen LogP contribution is 2.33. The van der Waals surface area contributed by atoms with Gasteiger partial charge in [0.05, 0.1) is 17.2 Å². The van der Waals surface area contributed by atoms with Crippen LogP contribution in [0, 0.1) is 11.3 Å². The van der Waals surface area contributed by atoms with E-state index >= 15 is 0 Å². The van der Waals surface area contributed by atoms with Gasteiger partial charge in [0.25, 0.3) is 5.91 Å². The number of aliphatic hydroxyl groups is 1. The Balaban J connectivity index is 2.45. The van der Waals surface area contributed by atoms with E-state index in [1.165, 1.54) is 19.1 Å². The second-order valence-corrected chi connectivity index (χ2v) is 9.51. The maximum Gasteiger partial charge on any atom is 0.417 e. The number of nitriles is 1. The number of carbonyl (C=O) groups excluding carboxylic acids is 1. The molecule has 0 spiro atoms. The van der Waals surface area contributed by atoms with Gasteiger partial charge in [-0.15, -0.1) is 0 Å².